The molecule has 13 heteroatoms. The van der Waals surface area contributed by atoms with Gasteiger partial charge in [0.15, 0.2) is 23.1 Å². The van der Waals surface area contributed by atoms with Crippen LogP contribution in [0.25, 0.3) is 0 Å². The zero-order chi connectivity index (χ0) is 29.4. The van der Waals surface area contributed by atoms with E-state index in [2.05, 4.69) is 15.1 Å². The second-order valence-electron chi connectivity index (χ2n) is 10.1. The normalized spacial score (nSPS) is 22.8. The van der Waals surface area contributed by atoms with Gasteiger partial charge in [0.25, 0.3) is 0 Å². The third-order valence-electron chi connectivity index (χ3n) is 7.88. The molecule has 2 amide bonds. The first-order chi connectivity index (χ1) is 18.8. The molecule has 0 radical (unpaired) electrons. The molecular formula is C27H30F5N3O5. The van der Waals surface area contributed by atoms with E-state index in [1.807, 2.05) is 25.2 Å². The maximum Gasteiger partial charge on any atom is 0.493 e. The molecule has 1 saturated carbocycles. The number of hydrogen-bond donors (Lipinski definition) is 1. The van der Waals surface area contributed by atoms with Crippen LogP contribution in [0.15, 0.2) is 30.3 Å². The van der Waals surface area contributed by atoms with Gasteiger partial charge in [-0.15, -0.1) is 5.06 Å². The maximum atomic E-state index is 14.7. The van der Waals surface area contributed by atoms with E-state index < -0.39 is 41.5 Å². The van der Waals surface area contributed by atoms with E-state index in [1.165, 1.54) is 6.92 Å². The van der Waals surface area contributed by atoms with Crippen LogP contribution in [0.3, 0.4) is 0 Å². The zero-order valence-electron chi connectivity index (χ0n) is 22.4. The second-order valence-corrected chi connectivity index (χ2v) is 10.1. The number of nitrogens with zero attached hydrogens (tertiary/aromatic N) is 2. The number of carbonyl (C=O) groups excluding carboxylic acids is 2. The monoisotopic (exact) mass is 571 g/mol. The highest BCUT2D eigenvalue weighted by molar-refractivity contribution is 5.93. The van der Waals surface area contributed by atoms with Crippen LogP contribution in [0.4, 0.5) is 32.4 Å². The number of anilines is 1. The third-order valence-corrected chi connectivity index (χ3v) is 7.88. The summed E-state index contributed by atoms with van der Waals surface area (Å²) < 4.78 is 78.6. The Bertz CT molecular complexity index is 1290. The molecule has 1 saturated heterocycles. The molecule has 8 nitrogen and oxygen atoms in total. The highest BCUT2D eigenvalue weighted by Crippen LogP contribution is 2.50. The molecule has 0 unspecified atom stereocenters. The minimum Gasteiger partial charge on any atom is -0.493 e. The molecule has 1 heterocycles. The van der Waals surface area contributed by atoms with E-state index in [9.17, 15) is 31.5 Å². The lowest BCUT2D eigenvalue weighted by molar-refractivity contribution is -0.199. The molecule has 40 heavy (non-hydrogen) atoms. The number of aryl methyl sites for hydroxylation is 1. The number of nitrogens with one attached hydrogen (secondary N) is 1. The number of alkyl halides is 3. The Morgan fingerprint density at radius 2 is 1.75 bits per heavy atom. The van der Waals surface area contributed by atoms with Gasteiger partial charge in [0.05, 0.1) is 14.2 Å². The lowest BCUT2D eigenvalue weighted by Crippen LogP contribution is -2.54. The molecule has 2 aromatic carbocycles. The van der Waals surface area contributed by atoms with Crippen molar-refractivity contribution in [3.63, 3.8) is 0 Å². The van der Waals surface area contributed by atoms with Crippen molar-refractivity contribution in [1.29, 1.82) is 0 Å². The number of rotatable bonds is 5. The van der Waals surface area contributed by atoms with Crippen molar-refractivity contribution in [1.82, 2.24) is 10.2 Å². The average molecular weight is 572 g/mol. The third kappa shape index (κ3) is 5.38. The number of methoxy groups -OCH3 is 2. The van der Waals surface area contributed by atoms with Crippen LogP contribution in [-0.4, -0.2) is 63.0 Å². The van der Waals surface area contributed by atoms with Gasteiger partial charge in [-0.25, -0.2) is 18.4 Å². The van der Waals surface area contributed by atoms with Gasteiger partial charge in [-0.1, -0.05) is 12.1 Å². The number of ether oxygens (including phenoxy) is 2. The number of halogens is 5. The summed E-state index contributed by atoms with van der Waals surface area (Å²) in [6.07, 6.45) is -3.21. The number of benzene rings is 2. The average Bonchev–Trinajstić information content (AvgIpc) is 3.26. The predicted octanol–water partition coefficient (Wildman–Crippen LogP) is 5.02. The summed E-state index contributed by atoms with van der Waals surface area (Å²) in [5.41, 5.74) is -0.370. The van der Waals surface area contributed by atoms with Gasteiger partial charge < -0.3 is 24.5 Å². The molecule has 0 spiro atoms. The number of likely N-dealkylation sites (N-methyl/N-ethyl adjacent to an activating group) is 1. The second kappa shape index (κ2) is 11.1. The van der Waals surface area contributed by atoms with Crippen LogP contribution in [0, 0.1) is 18.6 Å². The minimum absolute atomic E-state index is 0.0654. The summed E-state index contributed by atoms with van der Waals surface area (Å²) in [6, 6.07) is 5.70. The highest BCUT2D eigenvalue weighted by atomic mass is 19.4. The van der Waals surface area contributed by atoms with Crippen LogP contribution in [-0.2, 0) is 15.0 Å². The minimum atomic E-state index is -5.48. The van der Waals surface area contributed by atoms with Crippen LogP contribution >= 0.6 is 0 Å². The standard InChI is InChI=1S/C27H30F5N3O5/c1-15-5-7-18(23(29)22(15)28)35(40-24(36)27(30,31)32)25(37)33-17-9-10-26(11-12-34(2)21(26)14-17)16-6-8-19(38-3)20(13-16)39-4/h5-8,13,17,21H,9-12,14H2,1-4H3,(H,33,37)/t17-,21+,26+/m1/s1. The molecule has 1 aliphatic heterocycles. The van der Waals surface area contributed by atoms with E-state index in [4.69, 9.17) is 9.47 Å². The molecule has 1 aliphatic carbocycles. The number of carbonyl (C=O) groups is 2. The lowest BCUT2D eigenvalue weighted by atomic mass is 9.65. The fourth-order valence-electron chi connectivity index (χ4n) is 5.76. The van der Waals surface area contributed by atoms with Crippen molar-refractivity contribution in [3.8, 4) is 11.5 Å². The molecule has 3 atom stereocenters. The fourth-order valence-corrected chi connectivity index (χ4v) is 5.76. The summed E-state index contributed by atoms with van der Waals surface area (Å²) in [6.45, 7) is 2.00. The molecule has 2 aromatic rings. The van der Waals surface area contributed by atoms with Gasteiger partial charge >= 0.3 is 18.2 Å². The van der Waals surface area contributed by atoms with Crippen molar-refractivity contribution >= 4 is 17.7 Å². The Morgan fingerprint density at radius 1 is 1.05 bits per heavy atom. The lowest BCUT2D eigenvalue weighted by Gasteiger charge is -2.45. The molecular weight excluding hydrogens is 541 g/mol. The first kappa shape index (κ1) is 29.4. The van der Waals surface area contributed by atoms with E-state index in [0.29, 0.717) is 30.8 Å². The van der Waals surface area contributed by atoms with Crippen molar-refractivity contribution in [3.05, 3.63) is 53.1 Å². The van der Waals surface area contributed by atoms with Gasteiger partial charge in [0.2, 0.25) is 0 Å². The summed E-state index contributed by atoms with van der Waals surface area (Å²) in [5.74, 6) is -4.61. The molecule has 0 bridgehead atoms. The number of likely N-dealkylation sites (tertiary alicyclic amines) is 1. The van der Waals surface area contributed by atoms with Gasteiger partial charge in [0, 0.05) is 17.5 Å². The Kier molecular flexibility index (Phi) is 8.16. The molecule has 4 rings (SSSR count). The summed E-state index contributed by atoms with van der Waals surface area (Å²) in [4.78, 5) is 31.1. The van der Waals surface area contributed by atoms with E-state index in [-0.39, 0.29) is 22.1 Å². The van der Waals surface area contributed by atoms with E-state index in [1.54, 1.807) is 14.2 Å². The van der Waals surface area contributed by atoms with Crippen LogP contribution in [0.5, 0.6) is 11.5 Å². The van der Waals surface area contributed by atoms with E-state index in [0.717, 1.165) is 30.7 Å². The van der Waals surface area contributed by atoms with Crippen molar-refractivity contribution in [2.24, 2.45) is 0 Å². The van der Waals surface area contributed by atoms with Crippen LogP contribution in [0.2, 0.25) is 0 Å². The number of urea groups is 1. The first-order valence-corrected chi connectivity index (χ1v) is 12.6. The van der Waals surface area contributed by atoms with Crippen molar-refractivity contribution < 1.29 is 45.9 Å². The van der Waals surface area contributed by atoms with Crippen molar-refractivity contribution in [2.45, 2.75) is 56.3 Å². The Morgan fingerprint density at radius 3 is 2.40 bits per heavy atom. The smallest absolute Gasteiger partial charge is 0.493 e. The van der Waals surface area contributed by atoms with Crippen LogP contribution in [0.1, 0.15) is 36.8 Å². The molecule has 1 N–H and O–H groups in total. The largest absolute Gasteiger partial charge is 0.493 e. The van der Waals surface area contributed by atoms with Crippen LogP contribution < -0.4 is 19.9 Å². The summed E-state index contributed by atoms with van der Waals surface area (Å²) >= 11 is 0. The molecule has 2 aliphatic rings. The van der Waals surface area contributed by atoms with Gasteiger partial charge in [-0.3, -0.25) is 0 Å². The SMILES string of the molecule is COc1ccc([C@@]23CC[C@@H](NC(=O)N(OC(=O)C(F)(F)F)c4ccc(C)c(F)c4F)C[C@@H]2N(C)CC3)cc1OC. The number of hydroxylamine groups is 1. The van der Waals surface area contributed by atoms with E-state index >= 15 is 0 Å². The first-order valence-electron chi connectivity index (χ1n) is 12.6. The fraction of sp³-hybridized carbons (Fsp3) is 0.481. The maximum absolute atomic E-state index is 14.7. The molecule has 2 fully saturated rings. The Hall–Kier alpha value is -3.61. The molecule has 218 valence electrons. The van der Waals surface area contributed by atoms with Gasteiger partial charge in [-0.05, 0) is 75.5 Å². The number of fused-ring (bicyclic) bond motifs is 1. The quantitative estimate of drug-likeness (QED) is 0.401. The number of hydrogen-bond acceptors (Lipinski definition) is 6. The topological polar surface area (TPSA) is 80.3 Å². The number of amides is 2. The summed E-state index contributed by atoms with van der Waals surface area (Å²) in [7, 11) is 5.03. The zero-order valence-corrected chi connectivity index (χ0v) is 22.4. The highest BCUT2D eigenvalue weighted by Gasteiger charge is 2.51. The van der Waals surface area contributed by atoms with Gasteiger partial charge in [0.1, 0.15) is 5.69 Å². The van der Waals surface area contributed by atoms with Gasteiger partial charge in [-0.2, -0.15) is 13.2 Å². The van der Waals surface area contributed by atoms with Crippen molar-refractivity contribution in [2.75, 3.05) is 32.9 Å². The summed E-state index contributed by atoms with van der Waals surface area (Å²) in [5, 5.41) is 2.38. The predicted molar refractivity (Wildman–Crippen MR) is 134 cm³/mol. The Labute approximate surface area is 227 Å². The molecule has 0 aromatic heterocycles. The Balaban J connectivity index is 1.59.